The standard InChI is InChI=1S/C20H36F12O5Si3/c1-38(2,3)36-40(7,37-39(4,5)6)10-8-9-34-12-14(33)13-35-20(31,32)19(29,30)18(27,28)17(25,26)15(21)11-16(22,23)24/h14-15,33H,8-13H2,1-7H3. The molecule has 0 aliphatic heterocycles. The van der Waals surface area contributed by atoms with Gasteiger partial charge in [-0.1, -0.05) is 0 Å². The first-order valence-electron chi connectivity index (χ1n) is 11.9. The molecule has 0 rings (SSSR count). The molecular weight excluding hydrogens is 632 g/mol. The van der Waals surface area contributed by atoms with Crippen LogP contribution in [0.15, 0.2) is 0 Å². The molecule has 0 aromatic rings. The topological polar surface area (TPSA) is 57.2 Å². The van der Waals surface area contributed by atoms with E-state index in [1.807, 2.05) is 45.8 Å². The maximum Gasteiger partial charge on any atom is 0.426 e. The molecular formula is C20H36F12O5Si3. The molecule has 0 fully saturated rings. The first-order valence-corrected chi connectivity index (χ1v) is 21.3. The van der Waals surface area contributed by atoms with Gasteiger partial charge in [0.25, 0.3) is 0 Å². The zero-order valence-corrected chi connectivity index (χ0v) is 26.0. The molecule has 0 saturated heterocycles. The van der Waals surface area contributed by atoms with Crippen LogP contribution in [0.5, 0.6) is 0 Å². The van der Waals surface area contributed by atoms with Crippen LogP contribution in [0.3, 0.4) is 0 Å². The van der Waals surface area contributed by atoms with Crippen molar-refractivity contribution in [2.24, 2.45) is 0 Å². The molecule has 40 heavy (non-hydrogen) atoms. The van der Waals surface area contributed by atoms with Crippen molar-refractivity contribution in [1.29, 1.82) is 0 Å². The second kappa shape index (κ2) is 13.5. The van der Waals surface area contributed by atoms with Crippen LogP contribution in [0.1, 0.15) is 12.8 Å². The van der Waals surface area contributed by atoms with Crippen molar-refractivity contribution in [3.8, 4) is 0 Å². The fraction of sp³-hybridized carbons (Fsp3) is 1.00. The first kappa shape index (κ1) is 39.6. The van der Waals surface area contributed by atoms with Gasteiger partial charge in [-0.2, -0.15) is 48.3 Å². The summed E-state index contributed by atoms with van der Waals surface area (Å²) in [4.78, 5) is 0. The van der Waals surface area contributed by atoms with Crippen molar-refractivity contribution in [3.63, 3.8) is 0 Å². The Morgan fingerprint density at radius 2 is 1.15 bits per heavy atom. The number of ether oxygens (including phenoxy) is 2. The molecule has 20 heteroatoms. The Hall–Kier alpha value is -0.389. The fourth-order valence-corrected chi connectivity index (χ4v) is 15.9. The summed E-state index contributed by atoms with van der Waals surface area (Å²) in [5.41, 5.74) is 0. The average molecular weight is 669 g/mol. The zero-order chi connectivity index (χ0) is 32.2. The molecule has 0 spiro atoms. The summed E-state index contributed by atoms with van der Waals surface area (Å²) in [6.07, 6.45) is -22.4. The lowest BCUT2D eigenvalue weighted by Gasteiger charge is -2.38. The molecule has 0 aromatic carbocycles. The van der Waals surface area contributed by atoms with Crippen LogP contribution in [-0.4, -0.2) is 92.5 Å². The third-order valence-electron chi connectivity index (χ3n) is 4.71. The largest absolute Gasteiger partial charge is 0.437 e. The van der Waals surface area contributed by atoms with Crippen molar-refractivity contribution in [2.75, 3.05) is 19.8 Å². The Labute approximate surface area is 228 Å². The SMILES string of the molecule is C[Si](C)(C)O[Si](C)(CCCOCC(O)COC(F)(F)C(F)(F)C(F)(F)C(F)(F)C(F)CC(F)(F)F)O[Si](C)(C)C. The monoisotopic (exact) mass is 668 g/mol. The highest BCUT2D eigenvalue weighted by Crippen LogP contribution is 2.55. The van der Waals surface area contributed by atoms with Crippen LogP contribution in [0.4, 0.5) is 52.7 Å². The summed E-state index contributed by atoms with van der Waals surface area (Å²) in [6.45, 7) is 10.9. The zero-order valence-electron chi connectivity index (χ0n) is 23.0. The van der Waals surface area contributed by atoms with Crippen LogP contribution in [0, 0.1) is 0 Å². The maximum atomic E-state index is 13.7. The molecule has 0 heterocycles. The van der Waals surface area contributed by atoms with Crippen LogP contribution >= 0.6 is 0 Å². The van der Waals surface area contributed by atoms with Gasteiger partial charge in [-0.3, -0.25) is 0 Å². The summed E-state index contributed by atoms with van der Waals surface area (Å²) in [5, 5.41) is 9.64. The lowest BCUT2D eigenvalue weighted by atomic mass is 9.97. The van der Waals surface area contributed by atoms with E-state index in [0.29, 0.717) is 12.5 Å². The Bertz CT molecular complexity index is 773. The van der Waals surface area contributed by atoms with Gasteiger partial charge in [-0.15, -0.1) is 0 Å². The van der Waals surface area contributed by atoms with Crippen molar-refractivity contribution in [3.05, 3.63) is 0 Å². The molecule has 0 aromatic heterocycles. The first-order chi connectivity index (χ1) is 17.4. The van der Waals surface area contributed by atoms with Crippen LogP contribution < -0.4 is 0 Å². The van der Waals surface area contributed by atoms with Gasteiger partial charge in [0.05, 0.1) is 19.6 Å². The fourth-order valence-electron chi connectivity index (χ4n) is 3.39. The van der Waals surface area contributed by atoms with Crippen molar-refractivity contribution in [1.82, 2.24) is 0 Å². The third kappa shape index (κ3) is 12.1. The molecule has 0 aliphatic rings. The van der Waals surface area contributed by atoms with E-state index in [2.05, 4.69) is 4.74 Å². The molecule has 2 atom stereocenters. The Balaban J connectivity index is 5.09. The lowest BCUT2D eigenvalue weighted by molar-refractivity contribution is -0.434. The van der Waals surface area contributed by atoms with E-state index in [-0.39, 0.29) is 6.61 Å². The summed E-state index contributed by atoms with van der Waals surface area (Å²) in [7, 11) is -6.68. The van der Waals surface area contributed by atoms with Gasteiger partial charge < -0.3 is 22.8 Å². The van der Waals surface area contributed by atoms with Crippen molar-refractivity contribution in [2.45, 2.75) is 107 Å². The molecule has 0 amide bonds. The highest BCUT2D eigenvalue weighted by Gasteiger charge is 2.83. The van der Waals surface area contributed by atoms with Gasteiger partial charge in [-0.25, -0.2) is 4.39 Å². The summed E-state index contributed by atoms with van der Waals surface area (Å²) in [6, 6.07) is 0.436. The van der Waals surface area contributed by atoms with E-state index in [1.165, 1.54) is 0 Å². The number of alkyl halides is 12. The number of hydrogen-bond acceptors (Lipinski definition) is 5. The van der Waals surface area contributed by atoms with E-state index in [4.69, 9.17) is 13.0 Å². The quantitative estimate of drug-likeness (QED) is 0.0942. The normalized spacial score (nSPS) is 16.8. The predicted octanol–water partition coefficient (Wildman–Crippen LogP) is 7.33. The number of hydrogen-bond donors (Lipinski definition) is 1. The van der Waals surface area contributed by atoms with Crippen LogP contribution in [0.25, 0.3) is 0 Å². The van der Waals surface area contributed by atoms with E-state index < -0.39 is 87.2 Å². The van der Waals surface area contributed by atoms with E-state index in [0.717, 1.165) is 0 Å². The second-order valence-corrected chi connectivity index (χ2v) is 24.1. The number of aliphatic hydroxyl groups is 1. The van der Waals surface area contributed by atoms with E-state index in [9.17, 15) is 57.8 Å². The molecule has 242 valence electrons. The summed E-state index contributed by atoms with van der Waals surface area (Å²) >= 11 is 0. The molecule has 0 aliphatic carbocycles. The average Bonchev–Trinajstić information content (AvgIpc) is 2.67. The second-order valence-electron chi connectivity index (χ2n) is 11.3. The van der Waals surface area contributed by atoms with E-state index in [1.54, 1.807) is 0 Å². The Kier molecular flexibility index (Phi) is 13.4. The minimum atomic E-state index is -7.32. The van der Waals surface area contributed by atoms with Crippen LogP contribution in [-0.2, 0) is 17.7 Å². The molecule has 0 bridgehead atoms. The molecule has 2 unspecified atom stereocenters. The maximum absolute atomic E-state index is 13.7. The summed E-state index contributed by atoms with van der Waals surface area (Å²) < 4.78 is 179. The minimum absolute atomic E-state index is 0.0995. The Morgan fingerprint density at radius 3 is 1.55 bits per heavy atom. The minimum Gasteiger partial charge on any atom is -0.437 e. The summed E-state index contributed by atoms with van der Waals surface area (Å²) in [5.74, 6) is -21.4. The molecule has 5 nitrogen and oxygen atoms in total. The van der Waals surface area contributed by atoms with E-state index >= 15 is 0 Å². The number of halogens is 12. The number of aliphatic hydroxyl groups excluding tert-OH is 1. The highest BCUT2D eigenvalue weighted by molar-refractivity contribution is 6.87. The van der Waals surface area contributed by atoms with Gasteiger partial charge in [0.1, 0.15) is 6.10 Å². The number of rotatable bonds is 18. The molecule has 1 N–H and O–H groups in total. The molecule has 0 saturated carbocycles. The molecule has 0 radical (unpaired) electrons. The third-order valence-corrected chi connectivity index (χ3v) is 14.3. The lowest BCUT2D eigenvalue weighted by Crippen LogP contribution is -2.65. The van der Waals surface area contributed by atoms with Gasteiger partial charge in [0.15, 0.2) is 22.8 Å². The van der Waals surface area contributed by atoms with Crippen LogP contribution in [0.2, 0.25) is 51.9 Å². The van der Waals surface area contributed by atoms with Crippen molar-refractivity contribution >= 4 is 25.2 Å². The van der Waals surface area contributed by atoms with Crippen molar-refractivity contribution < 1.29 is 75.5 Å². The van der Waals surface area contributed by atoms with Gasteiger partial charge >= 0.3 is 38.6 Å². The van der Waals surface area contributed by atoms with Gasteiger partial charge in [0.2, 0.25) is 0 Å². The van der Waals surface area contributed by atoms with Gasteiger partial charge in [-0.05, 0) is 58.3 Å². The predicted molar refractivity (Wildman–Crippen MR) is 128 cm³/mol. The smallest absolute Gasteiger partial charge is 0.426 e. The highest BCUT2D eigenvalue weighted by atomic mass is 28.5. The van der Waals surface area contributed by atoms with Gasteiger partial charge in [0, 0.05) is 6.61 Å². The Morgan fingerprint density at radius 1 is 0.700 bits per heavy atom.